The molecule has 0 saturated heterocycles. The van der Waals surface area contributed by atoms with Crippen molar-refractivity contribution in [3.8, 4) is 0 Å². The Labute approximate surface area is 137 Å². The number of rotatable bonds is 15. The SMILES string of the molecule is CCCCCCCC/C=C\CCCCCCCCO.N=C=O. The molecule has 0 radical (unpaired) electrons. The predicted molar refractivity (Wildman–Crippen MR) is 95.0 cm³/mol. The summed E-state index contributed by atoms with van der Waals surface area (Å²) >= 11 is 0. The first-order chi connectivity index (χ1) is 10.8. The summed E-state index contributed by atoms with van der Waals surface area (Å²) < 4.78 is 0. The monoisotopic (exact) mass is 311 g/mol. The summed E-state index contributed by atoms with van der Waals surface area (Å²) in [5.74, 6) is 0. The van der Waals surface area contributed by atoms with E-state index >= 15 is 0 Å². The molecule has 0 bridgehead atoms. The molecule has 0 spiro atoms. The van der Waals surface area contributed by atoms with Crippen molar-refractivity contribution in [2.45, 2.75) is 96.8 Å². The first kappa shape index (κ1) is 23.3. The average molecular weight is 312 g/mol. The Kier molecular flexibility index (Phi) is 26.6. The molecule has 22 heavy (non-hydrogen) atoms. The van der Waals surface area contributed by atoms with E-state index in [1.54, 1.807) is 0 Å². The lowest BCUT2D eigenvalue weighted by Crippen LogP contribution is -1.83. The van der Waals surface area contributed by atoms with Gasteiger partial charge in [-0.25, -0.2) is 10.2 Å². The number of isocyanates is 1. The fraction of sp³-hybridized carbons (Fsp3) is 0.842. The molecule has 3 nitrogen and oxygen atoms in total. The number of nitrogens with one attached hydrogen (secondary N) is 1. The van der Waals surface area contributed by atoms with E-state index in [0.717, 1.165) is 12.5 Å². The molecule has 0 rings (SSSR count). The van der Waals surface area contributed by atoms with Crippen LogP contribution in [0.15, 0.2) is 12.2 Å². The minimum Gasteiger partial charge on any atom is -0.396 e. The second-order valence-corrected chi connectivity index (χ2v) is 5.76. The highest BCUT2D eigenvalue weighted by Crippen LogP contribution is 2.09. The Bertz CT molecular complexity index is 246. The number of carbonyl (C=O) groups excluding carboxylic acids is 1. The Hall–Kier alpha value is -0.920. The number of hydrogen-bond acceptors (Lipinski definition) is 3. The van der Waals surface area contributed by atoms with Crippen molar-refractivity contribution in [3.63, 3.8) is 0 Å². The van der Waals surface area contributed by atoms with Crippen molar-refractivity contribution in [3.05, 3.63) is 12.2 Å². The van der Waals surface area contributed by atoms with E-state index in [4.69, 9.17) is 15.3 Å². The Morgan fingerprint density at radius 2 is 1.14 bits per heavy atom. The van der Waals surface area contributed by atoms with Gasteiger partial charge in [0.1, 0.15) is 0 Å². The maximum atomic E-state index is 8.66. The smallest absolute Gasteiger partial charge is 0.231 e. The molecule has 0 atom stereocenters. The lowest BCUT2D eigenvalue weighted by atomic mass is 10.1. The van der Waals surface area contributed by atoms with Gasteiger partial charge in [0.25, 0.3) is 0 Å². The van der Waals surface area contributed by atoms with Gasteiger partial charge < -0.3 is 5.11 Å². The Morgan fingerprint density at radius 1 is 0.773 bits per heavy atom. The topological polar surface area (TPSA) is 61.1 Å². The number of unbranched alkanes of at least 4 members (excludes halogenated alkanes) is 12. The van der Waals surface area contributed by atoms with Gasteiger partial charge in [0, 0.05) is 6.61 Å². The van der Waals surface area contributed by atoms with E-state index < -0.39 is 0 Å². The van der Waals surface area contributed by atoms with Crippen LogP contribution in [0, 0.1) is 5.41 Å². The molecule has 0 amide bonds. The summed E-state index contributed by atoms with van der Waals surface area (Å²) in [6, 6.07) is 0. The van der Waals surface area contributed by atoms with Crippen LogP contribution in [0.2, 0.25) is 0 Å². The van der Waals surface area contributed by atoms with Crippen molar-refractivity contribution < 1.29 is 9.90 Å². The van der Waals surface area contributed by atoms with Crippen molar-refractivity contribution >= 4 is 6.08 Å². The molecule has 0 aromatic carbocycles. The van der Waals surface area contributed by atoms with Crippen LogP contribution >= 0.6 is 0 Å². The summed E-state index contributed by atoms with van der Waals surface area (Å²) in [6.07, 6.45) is 24.0. The Balaban J connectivity index is 0. The molecule has 0 aromatic rings. The lowest BCUT2D eigenvalue weighted by molar-refractivity contribution is 0.282. The Morgan fingerprint density at radius 3 is 1.55 bits per heavy atom. The van der Waals surface area contributed by atoms with Crippen molar-refractivity contribution in [2.75, 3.05) is 6.61 Å². The van der Waals surface area contributed by atoms with Crippen molar-refractivity contribution in [2.24, 2.45) is 0 Å². The molecule has 130 valence electrons. The minimum absolute atomic E-state index is 0.362. The molecular weight excluding hydrogens is 274 g/mol. The van der Waals surface area contributed by atoms with Crippen LogP contribution in [-0.2, 0) is 4.79 Å². The first-order valence-corrected chi connectivity index (χ1v) is 9.13. The third-order valence-corrected chi connectivity index (χ3v) is 3.67. The van der Waals surface area contributed by atoms with Gasteiger partial charge in [-0.2, -0.15) is 0 Å². The molecule has 3 heteroatoms. The molecule has 2 N–H and O–H groups in total. The zero-order chi connectivity index (χ0) is 16.7. The van der Waals surface area contributed by atoms with Gasteiger partial charge >= 0.3 is 0 Å². The van der Waals surface area contributed by atoms with Gasteiger partial charge in [-0.1, -0.05) is 76.9 Å². The molecule has 0 saturated carbocycles. The van der Waals surface area contributed by atoms with Crippen molar-refractivity contribution in [1.82, 2.24) is 0 Å². The highest BCUT2D eigenvalue weighted by molar-refractivity contribution is 5.26. The van der Waals surface area contributed by atoms with Crippen LogP contribution in [0.4, 0.5) is 0 Å². The highest BCUT2D eigenvalue weighted by atomic mass is 16.2. The third-order valence-electron chi connectivity index (χ3n) is 3.67. The zero-order valence-electron chi connectivity index (χ0n) is 14.6. The standard InChI is InChI=1S/C18H36O.CHNO/c1-2-3-4-5-6-7-8-9-10-11-12-13-14-15-16-17-18-19;2-1-3/h9-10,19H,2-8,11-18H2,1H3;2H/b10-9-;. The van der Waals surface area contributed by atoms with Crippen LogP contribution < -0.4 is 0 Å². The van der Waals surface area contributed by atoms with E-state index in [0.29, 0.717) is 6.61 Å². The second-order valence-electron chi connectivity index (χ2n) is 5.76. The summed E-state index contributed by atoms with van der Waals surface area (Å²) in [7, 11) is 0. The highest BCUT2D eigenvalue weighted by Gasteiger charge is 1.90. The van der Waals surface area contributed by atoms with Crippen LogP contribution in [0.3, 0.4) is 0 Å². The predicted octanol–water partition coefficient (Wildman–Crippen LogP) is 5.92. The molecule has 0 heterocycles. The third kappa shape index (κ3) is 27.4. The molecule has 0 aromatic heterocycles. The maximum absolute atomic E-state index is 8.66. The fourth-order valence-corrected chi connectivity index (χ4v) is 2.36. The summed E-state index contributed by atoms with van der Waals surface area (Å²) in [5, 5.41) is 14.1. The normalized spacial score (nSPS) is 10.3. The van der Waals surface area contributed by atoms with Gasteiger partial charge in [-0.05, 0) is 32.1 Å². The number of aliphatic hydroxyl groups is 1. The zero-order valence-corrected chi connectivity index (χ0v) is 14.6. The quantitative estimate of drug-likeness (QED) is 0.171. The van der Waals surface area contributed by atoms with Crippen LogP contribution in [0.25, 0.3) is 0 Å². The molecule has 0 aliphatic carbocycles. The minimum atomic E-state index is 0.362. The van der Waals surface area contributed by atoms with Gasteiger partial charge in [-0.15, -0.1) is 0 Å². The molecule has 0 aliphatic rings. The van der Waals surface area contributed by atoms with Crippen molar-refractivity contribution in [1.29, 1.82) is 5.41 Å². The number of aliphatic hydroxyl groups excluding tert-OH is 1. The van der Waals surface area contributed by atoms with E-state index in [2.05, 4.69) is 19.1 Å². The van der Waals surface area contributed by atoms with E-state index in [9.17, 15) is 0 Å². The number of hydrogen-bond donors (Lipinski definition) is 2. The summed E-state index contributed by atoms with van der Waals surface area (Å²) in [4.78, 5) is 8.35. The molecule has 0 fully saturated rings. The lowest BCUT2D eigenvalue weighted by Gasteiger charge is -1.99. The van der Waals surface area contributed by atoms with Gasteiger partial charge in [0.15, 0.2) is 0 Å². The molecule has 0 unspecified atom stereocenters. The first-order valence-electron chi connectivity index (χ1n) is 9.13. The summed E-state index contributed by atoms with van der Waals surface area (Å²) in [6.45, 7) is 2.64. The van der Waals surface area contributed by atoms with Gasteiger partial charge in [-0.3, -0.25) is 0 Å². The van der Waals surface area contributed by atoms with E-state index in [-0.39, 0.29) is 0 Å². The van der Waals surface area contributed by atoms with Crippen LogP contribution in [0.5, 0.6) is 0 Å². The molecule has 0 aliphatic heterocycles. The van der Waals surface area contributed by atoms with Crippen LogP contribution in [-0.4, -0.2) is 17.8 Å². The van der Waals surface area contributed by atoms with E-state index in [1.165, 1.54) is 83.5 Å². The fourth-order valence-electron chi connectivity index (χ4n) is 2.36. The largest absolute Gasteiger partial charge is 0.396 e. The van der Waals surface area contributed by atoms with Gasteiger partial charge in [0.05, 0.1) is 0 Å². The molecular formula is C19H37NO2. The van der Waals surface area contributed by atoms with Crippen LogP contribution in [0.1, 0.15) is 96.8 Å². The summed E-state index contributed by atoms with van der Waals surface area (Å²) in [5.41, 5.74) is 0. The maximum Gasteiger partial charge on any atom is 0.231 e. The van der Waals surface area contributed by atoms with E-state index in [1.807, 2.05) is 0 Å². The second kappa shape index (κ2) is 25.1. The number of allylic oxidation sites excluding steroid dienone is 2. The average Bonchev–Trinajstić information content (AvgIpc) is 2.52. The van der Waals surface area contributed by atoms with Gasteiger partial charge in [0.2, 0.25) is 6.08 Å².